The Bertz CT molecular complexity index is 400. The molecule has 2 saturated heterocycles. The predicted octanol–water partition coefficient (Wildman–Crippen LogP) is 2.06. The maximum atomic E-state index is 4.39. The number of hydrogen-bond donors (Lipinski definition) is 0. The summed E-state index contributed by atoms with van der Waals surface area (Å²) < 4.78 is 0. The molecule has 98 valence electrons. The Balaban J connectivity index is 1.62. The van der Waals surface area contributed by atoms with Crippen LogP contribution in [-0.2, 0) is 6.54 Å². The highest BCUT2D eigenvalue weighted by molar-refractivity contribution is 5.15. The highest BCUT2D eigenvalue weighted by atomic mass is 15.4. The van der Waals surface area contributed by atoms with Crippen LogP contribution in [0.2, 0.25) is 0 Å². The van der Waals surface area contributed by atoms with Gasteiger partial charge in [0.25, 0.3) is 0 Å². The summed E-state index contributed by atoms with van der Waals surface area (Å²) in [6.45, 7) is 10.2. The van der Waals surface area contributed by atoms with Crippen LogP contribution in [0.4, 0.5) is 0 Å². The van der Waals surface area contributed by atoms with Crippen LogP contribution in [0.1, 0.15) is 31.5 Å². The van der Waals surface area contributed by atoms with Gasteiger partial charge in [0.1, 0.15) is 0 Å². The van der Waals surface area contributed by atoms with Gasteiger partial charge in [0.15, 0.2) is 0 Å². The Hall–Kier alpha value is -0.930. The van der Waals surface area contributed by atoms with Crippen molar-refractivity contribution in [1.29, 1.82) is 0 Å². The number of aryl methyl sites for hydroxylation is 1. The third-order valence-corrected chi connectivity index (χ3v) is 4.44. The van der Waals surface area contributed by atoms with E-state index in [9.17, 15) is 0 Å². The number of nitrogens with zero attached hydrogens (tertiary/aromatic N) is 3. The topological polar surface area (TPSA) is 19.4 Å². The molecule has 1 aromatic rings. The van der Waals surface area contributed by atoms with Crippen LogP contribution in [0.15, 0.2) is 18.3 Å². The molecule has 3 heterocycles. The van der Waals surface area contributed by atoms with E-state index in [1.807, 2.05) is 13.1 Å². The van der Waals surface area contributed by atoms with Crippen molar-refractivity contribution in [1.82, 2.24) is 14.8 Å². The summed E-state index contributed by atoms with van der Waals surface area (Å²) in [7, 11) is 0. The van der Waals surface area contributed by atoms with Crippen LogP contribution >= 0.6 is 0 Å². The third kappa shape index (κ3) is 2.17. The van der Waals surface area contributed by atoms with E-state index in [1.54, 1.807) is 0 Å². The first kappa shape index (κ1) is 12.1. The lowest BCUT2D eigenvalue weighted by Crippen LogP contribution is -2.68. The number of pyridine rings is 1. The predicted molar refractivity (Wildman–Crippen MR) is 73.4 cm³/mol. The molecular weight excluding hydrogens is 222 g/mol. The molecule has 2 aliphatic rings. The van der Waals surface area contributed by atoms with Crippen molar-refractivity contribution in [2.45, 2.75) is 51.9 Å². The van der Waals surface area contributed by atoms with Crippen molar-refractivity contribution >= 4 is 0 Å². The van der Waals surface area contributed by atoms with E-state index in [-0.39, 0.29) is 0 Å². The number of piperazine rings is 1. The first-order valence-corrected chi connectivity index (χ1v) is 7.05. The van der Waals surface area contributed by atoms with E-state index in [1.165, 1.54) is 25.1 Å². The minimum Gasteiger partial charge on any atom is -0.298 e. The number of fused-ring (bicyclic) bond motifs is 2. The van der Waals surface area contributed by atoms with Gasteiger partial charge in [-0.05, 0) is 38.8 Å². The van der Waals surface area contributed by atoms with E-state index in [4.69, 9.17) is 0 Å². The van der Waals surface area contributed by atoms with Gasteiger partial charge in [-0.25, -0.2) is 0 Å². The smallest absolute Gasteiger partial charge is 0.0372 e. The molecule has 2 bridgehead atoms. The van der Waals surface area contributed by atoms with Crippen molar-refractivity contribution < 1.29 is 0 Å². The molecule has 0 saturated carbocycles. The summed E-state index contributed by atoms with van der Waals surface area (Å²) in [6, 6.07) is 6.57. The quantitative estimate of drug-likeness (QED) is 0.812. The number of rotatable bonds is 3. The Morgan fingerprint density at radius 3 is 2.56 bits per heavy atom. The second-order valence-electron chi connectivity index (χ2n) is 6.07. The van der Waals surface area contributed by atoms with Crippen molar-refractivity contribution in [3.05, 3.63) is 29.6 Å². The number of aromatic nitrogens is 1. The second-order valence-corrected chi connectivity index (χ2v) is 6.07. The van der Waals surface area contributed by atoms with Gasteiger partial charge in [-0.1, -0.05) is 6.07 Å². The summed E-state index contributed by atoms with van der Waals surface area (Å²) in [6.07, 6.45) is 3.42. The van der Waals surface area contributed by atoms with E-state index >= 15 is 0 Å². The van der Waals surface area contributed by atoms with Crippen LogP contribution in [0.3, 0.4) is 0 Å². The average molecular weight is 245 g/mol. The highest BCUT2D eigenvalue weighted by Gasteiger charge is 2.44. The largest absolute Gasteiger partial charge is 0.298 e. The molecular formula is C15H23N3. The lowest BCUT2D eigenvalue weighted by atomic mass is 9.86. The molecule has 2 atom stereocenters. The van der Waals surface area contributed by atoms with Gasteiger partial charge in [0.05, 0.1) is 0 Å². The zero-order chi connectivity index (χ0) is 12.7. The fourth-order valence-corrected chi connectivity index (χ4v) is 3.20. The molecule has 3 nitrogen and oxygen atoms in total. The van der Waals surface area contributed by atoms with Crippen molar-refractivity contribution in [3.63, 3.8) is 0 Å². The first-order valence-electron chi connectivity index (χ1n) is 7.05. The molecule has 0 N–H and O–H groups in total. The molecule has 0 aliphatic carbocycles. The lowest BCUT2D eigenvalue weighted by Gasteiger charge is -2.57. The van der Waals surface area contributed by atoms with Gasteiger partial charge in [-0.3, -0.25) is 14.8 Å². The maximum Gasteiger partial charge on any atom is 0.0372 e. The van der Waals surface area contributed by atoms with Gasteiger partial charge in [0, 0.05) is 49.7 Å². The maximum absolute atomic E-state index is 4.39. The SMILES string of the molecule is Cc1ccc(CN2C3CC2CN(C(C)C)C3)cn1. The van der Waals surface area contributed by atoms with Crippen LogP contribution < -0.4 is 0 Å². The zero-order valence-corrected chi connectivity index (χ0v) is 11.6. The van der Waals surface area contributed by atoms with Crippen molar-refractivity contribution in [3.8, 4) is 0 Å². The molecule has 0 aromatic carbocycles. The Morgan fingerprint density at radius 2 is 2.00 bits per heavy atom. The zero-order valence-electron chi connectivity index (χ0n) is 11.6. The summed E-state index contributed by atoms with van der Waals surface area (Å²) in [5, 5.41) is 0. The molecule has 3 rings (SSSR count). The Morgan fingerprint density at radius 1 is 1.28 bits per heavy atom. The fourth-order valence-electron chi connectivity index (χ4n) is 3.20. The van der Waals surface area contributed by atoms with E-state index in [2.05, 4.69) is 40.8 Å². The van der Waals surface area contributed by atoms with Crippen molar-refractivity contribution in [2.75, 3.05) is 13.1 Å². The van der Waals surface area contributed by atoms with Gasteiger partial charge >= 0.3 is 0 Å². The molecule has 18 heavy (non-hydrogen) atoms. The summed E-state index contributed by atoms with van der Waals surface area (Å²) >= 11 is 0. The van der Waals surface area contributed by atoms with Crippen LogP contribution in [-0.4, -0.2) is 46.0 Å². The molecule has 2 aliphatic heterocycles. The average Bonchev–Trinajstić information content (AvgIpc) is 2.38. The molecule has 0 amide bonds. The number of piperidine rings is 1. The van der Waals surface area contributed by atoms with Gasteiger partial charge in [0.2, 0.25) is 0 Å². The summed E-state index contributed by atoms with van der Waals surface area (Å²) in [5.74, 6) is 0. The molecule has 0 spiro atoms. The minimum absolute atomic E-state index is 0.693. The Labute approximate surface area is 110 Å². The highest BCUT2D eigenvalue weighted by Crippen LogP contribution is 2.34. The summed E-state index contributed by atoms with van der Waals surface area (Å²) in [5.41, 5.74) is 2.46. The van der Waals surface area contributed by atoms with Crippen molar-refractivity contribution in [2.24, 2.45) is 0 Å². The summed E-state index contributed by atoms with van der Waals surface area (Å²) in [4.78, 5) is 9.66. The molecule has 3 heteroatoms. The number of likely N-dealkylation sites (tertiary alicyclic amines) is 2. The number of hydrogen-bond acceptors (Lipinski definition) is 3. The molecule has 2 unspecified atom stereocenters. The fraction of sp³-hybridized carbons (Fsp3) is 0.667. The Kier molecular flexibility index (Phi) is 3.12. The molecule has 1 aromatic heterocycles. The standard InChI is InChI=1S/C15H23N3/c1-11(2)17-9-14-6-15(10-17)18(14)8-13-5-4-12(3)16-7-13/h4-5,7,11,14-15H,6,8-10H2,1-3H3. The van der Waals surface area contributed by atoms with E-state index in [0.717, 1.165) is 24.3 Å². The van der Waals surface area contributed by atoms with Crippen LogP contribution in [0.25, 0.3) is 0 Å². The minimum atomic E-state index is 0.693. The normalized spacial score (nSPS) is 28.4. The van der Waals surface area contributed by atoms with E-state index < -0.39 is 0 Å². The molecule has 0 radical (unpaired) electrons. The van der Waals surface area contributed by atoms with Gasteiger partial charge < -0.3 is 0 Å². The monoisotopic (exact) mass is 245 g/mol. The second kappa shape index (κ2) is 4.63. The first-order chi connectivity index (χ1) is 8.63. The lowest BCUT2D eigenvalue weighted by molar-refractivity contribution is -0.0835. The molecule has 2 fully saturated rings. The third-order valence-electron chi connectivity index (χ3n) is 4.44. The van der Waals surface area contributed by atoms with Crippen LogP contribution in [0.5, 0.6) is 0 Å². The van der Waals surface area contributed by atoms with Gasteiger partial charge in [-0.2, -0.15) is 0 Å². The van der Waals surface area contributed by atoms with Gasteiger partial charge in [-0.15, -0.1) is 0 Å². The van der Waals surface area contributed by atoms with Crippen LogP contribution in [0, 0.1) is 6.92 Å². The van der Waals surface area contributed by atoms with E-state index in [0.29, 0.717) is 6.04 Å².